The Morgan fingerprint density at radius 3 is 2.91 bits per heavy atom. The fourth-order valence-electron chi connectivity index (χ4n) is 4.75. The smallest absolute Gasteiger partial charge is 0.312 e. The largest absolute Gasteiger partial charge is 0.481 e. The normalized spacial score (nSPS) is 19.3. The molecule has 4 aromatic rings. The van der Waals surface area contributed by atoms with Crippen LogP contribution in [0, 0.1) is 11.7 Å². The van der Waals surface area contributed by atoms with Crippen LogP contribution in [0.5, 0.6) is 0 Å². The lowest BCUT2D eigenvalue weighted by molar-refractivity contribution is -0.141. The van der Waals surface area contributed by atoms with Crippen molar-refractivity contribution in [2.75, 3.05) is 10.6 Å². The Morgan fingerprint density at radius 2 is 2.17 bits per heavy atom. The van der Waals surface area contributed by atoms with E-state index in [0.717, 1.165) is 24.6 Å². The Bertz CT molecular complexity index is 1490. The number of pyridine rings is 1. The maximum absolute atomic E-state index is 14.0. The highest BCUT2D eigenvalue weighted by Gasteiger charge is 2.35. The molecule has 4 heterocycles. The molecule has 1 aliphatic rings. The number of halogens is 1. The second-order valence-corrected chi connectivity index (χ2v) is 8.56. The first-order valence-electron chi connectivity index (χ1n) is 11.3. The third kappa shape index (κ3) is 4.09. The summed E-state index contributed by atoms with van der Waals surface area (Å²) in [4.78, 5) is 35.7. The average molecular weight is 478 g/mol. The van der Waals surface area contributed by atoms with Gasteiger partial charge < -0.3 is 20.7 Å². The predicted molar refractivity (Wildman–Crippen MR) is 128 cm³/mol. The average Bonchev–Trinajstić information content (AvgIpc) is 3.42. The highest BCUT2D eigenvalue weighted by atomic mass is 19.1. The lowest BCUT2D eigenvalue weighted by Crippen LogP contribution is -2.39. The number of aromatic amines is 1. The topological polar surface area (TPSA) is 137 Å². The number of fused-ring (bicyclic) bond motifs is 2. The van der Waals surface area contributed by atoms with Crippen LogP contribution in [-0.4, -0.2) is 47.6 Å². The Hall–Kier alpha value is -4.28. The summed E-state index contributed by atoms with van der Waals surface area (Å²) in [5.74, 6) is -1.25. The molecule has 1 aliphatic carbocycles. The first-order chi connectivity index (χ1) is 16.9. The number of H-pyrrole nitrogens is 1. The van der Waals surface area contributed by atoms with Gasteiger partial charge in [-0.25, -0.2) is 18.9 Å². The minimum atomic E-state index is -0.895. The van der Waals surface area contributed by atoms with Gasteiger partial charge in [-0.2, -0.15) is 0 Å². The molecular weight excluding hydrogens is 453 g/mol. The molecule has 180 valence electrons. The number of aliphatic carboxylic acids is 1. The summed E-state index contributed by atoms with van der Waals surface area (Å²) in [7, 11) is 0. The maximum Gasteiger partial charge on any atom is 0.312 e. The molecule has 1 saturated carbocycles. The molecule has 0 bridgehead atoms. The van der Waals surface area contributed by atoms with Crippen molar-refractivity contribution in [3.8, 4) is 11.4 Å². The number of hydrogen-bond acceptors (Lipinski definition) is 6. The monoisotopic (exact) mass is 477 g/mol. The number of anilines is 2. The predicted octanol–water partition coefficient (Wildman–Crippen LogP) is 3.98. The van der Waals surface area contributed by atoms with Crippen molar-refractivity contribution in [2.45, 2.75) is 39.2 Å². The lowest BCUT2D eigenvalue weighted by atomic mass is 9.80. The number of carbonyl (C=O) groups excluding carboxylic acids is 1. The second kappa shape index (κ2) is 8.82. The maximum atomic E-state index is 14.0. The third-order valence-corrected chi connectivity index (χ3v) is 6.29. The number of nitrogens with one attached hydrogen (secondary N) is 3. The quantitative estimate of drug-likeness (QED) is 0.319. The summed E-state index contributed by atoms with van der Waals surface area (Å²) in [5.41, 5.74) is 2.44. The Morgan fingerprint density at radius 1 is 1.34 bits per heavy atom. The molecule has 0 aliphatic heterocycles. The fourth-order valence-corrected chi connectivity index (χ4v) is 4.75. The number of amides is 1. The van der Waals surface area contributed by atoms with E-state index in [1.54, 1.807) is 18.3 Å². The molecule has 0 saturated heterocycles. The van der Waals surface area contributed by atoms with Crippen LogP contribution >= 0.6 is 0 Å². The van der Waals surface area contributed by atoms with Crippen LogP contribution in [-0.2, 0) is 9.59 Å². The second-order valence-electron chi connectivity index (χ2n) is 8.56. The van der Waals surface area contributed by atoms with E-state index in [-0.39, 0.29) is 17.8 Å². The lowest BCUT2D eigenvalue weighted by Gasteiger charge is -2.32. The first-order valence-corrected chi connectivity index (χ1v) is 11.3. The van der Waals surface area contributed by atoms with Gasteiger partial charge >= 0.3 is 5.97 Å². The summed E-state index contributed by atoms with van der Waals surface area (Å²) in [6, 6.07) is 4.41. The van der Waals surface area contributed by atoms with Crippen molar-refractivity contribution in [3.63, 3.8) is 0 Å². The van der Waals surface area contributed by atoms with E-state index < -0.39 is 17.7 Å². The molecule has 11 heteroatoms. The van der Waals surface area contributed by atoms with Gasteiger partial charge in [0.1, 0.15) is 22.8 Å². The van der Waals surface area contributed by atoms with E-state index in [1.165, 1.54) is 17.5 Å². The Kier molecular flexibility index (Phi) is 5.67. The molecule has 35 heavy (non-hydrogen) atoms. The summed E-state index contributed by atoms with van der Waals surface area (Å²) in [6.07, 6.45) is 6.87. The Labute approximate surface area is 199 Å². The molecule has 4 aromatic heterocycles. The fraction of sp³-hybridized carbons (Fsp3) is 0.292. The SMILES string of the molecule is C/C=C1/CCCC(Nc2nc(-c3c[nH]c4ncc(F)cc34)nn3c(NC(C)=O)ccc23)[C@H]1C(=O)O. The summed E-state index contributed by atoms with van der Waals surface area (Å²) >= 11 is 0. The number of nitrogens with zero attached hydrogens (tertiary/aromatic N) is 4. The number of hydrogen-bond donors (Lipinski definition) is 4. The molecule has 0 aromatic carbocycles. The van der Waals surface area contributed by atoms with E-state index in [4.69, 9.17) is 4.98 Å². The minimum Gasteiger partial charge on any atom is -0.481 e. The van der Waals surface area contributed by atoms with E-state index in [9.17, 15) is 19.1 Å². The number of carboxylic acids is 1. The zero-order chi connectivity index (χ0) is 24.7. The van der Waals surface area contributed by atoms with Gasteiger partial charge in [-0.05, 0) is 44.4 Å². The van der Waals surface area contributed by atoms with Gasteiger partial charge in [0.25, 0.3) is 0 Å². The van der Waals surface area contributed by atoms with Gasteiger partial charge in [-0.3, -0.25) is 9.59 Å². The number of carboxylic acid groups (broad SMARTS) is 1. The molecule has 1 unspecified atom stereocenters. The standard InChI is InChI=1S/C24H24FN7O3/c1-3-13-5-4-6-17(20(13)24(34)35)29-23-18-7-8-19(28-12(2)33)32(18)31-22(30-23)16-11-27-21-15(16)9-14(25)10-26-21/h3,7-11,17,20H,4-6H2,1-2H3,(H,26,27)(H,28,33)(H,34,35)(H,29,30,31)/b13-3-/t17?,20-/m0/s1. The minimum absolute atomic E-state index is 0.260. The van der Waals surface area contributed by atoms with Crippen LogP contribution in [0.3, 0.4) is 0 Å². The van der Waals surface area contributed by atoms with Crippen LogP contribution in [0.4, 0.5) is 16.0 Å². The summed E-state index contributed by atoms with van der Waals surface area (Å²) in [5, 5.41) is 21.1. The zero-order valence-corrected chi connectivity index (χ0v) is 19.2. The van der Waals surface area contributed by atoms with E-state index in [1.807, 2.05) is 13.0 Å². The molecule has 0 spiro atoms. The van der Waals surface area contributed by atoms with E-state index >= 15 is 0 Å². The van der Waals surface area contributed by atoms with Gasteiger partial charge in [0.2, 0.25) is 5.91 Å². The van der Waals surface area contributed by atoms with Gasteiger partial charge in [-0.1, -0.05) is 11.6 Å². The number of carbonyl (C=O) groups is 2. The van der Waals surface area contributed by atoms with Crippen LogP contribution in [0.2, 0.25) is 0 Å². The molecule has 2 atom stereocenters. The van der Waals surface area contributed by atoms with Crippen molar-refractivity contribution in [1.82, 2.24) is 24.6 Å². The number of rotatable bonds is 5. The highest BCUT2D eigenvalue weighted by Crippen LogP contribution is 2.34. The van der Waals surface area contributed by atoms with Crippen LogP contribution in [0.15, 0.2) is 42.2 Å². The molecule has 1 fully saturated rings. The van der Waals surface area contributed by atoms with Crippen molar-refractivity contribution in [1.29, 1.82) is 0 Å². The van der Waals surface area contributed by atoms with Crippen molar-refractivity contribution >= 4 is 40.1 Å². The molecule has 5 rings (SSSR count). The molecule has 10 nitrogen and oxygen atoms in total. The molecule has 1 amide bonds. The van der Waals surface area contributed by atoms with Gasteiger partial charge in [0.05, 0.1) is 12.1 Å². The first kappa shape index (κ1) is 22.5. The highest BCUT2D eigenvalue weighted by molar-refractivity contribution is 5.93. The van der Waals surface area contributed by atoms with E-state index in [2.05, 4.69) is 25.7 Å². The zero-order valence-electron chi connectivity index (χ0n) is 19.2. The molecule has 4 N–H and O–H groups in total. The van der Waals surface area contributed by atoms with Gasteiger partial charge in [0.15, 0.2) is 11.6 Å². The molecular formula is C24H24FN7O3. The van der Waals surface area contributed by atoms with E-state index in [0.29, 0.717) is 40.2 Å². The van der Waals surface area contributed by atoms with Crippen LogP contribution in [0.1, 0.15) is 33.1 Å². The number of allylic oxidation sites excluding steroid dienone is 1. The van der Waals surface area contributed by atoms with Crippen molar-refractivity contribution < 1.29 is 19.1 Å². The summed E-state index contributed by atoms with van der Waals surface area (Å²) < 4.78 is 15.5. The molecule has 0 radical (unpaired) electrons. The number of aromatic nitrogens is 5. The van der Waals surface area contributed by atoms with Crippen LogP contribution in [0.25, 0.3) is 27.9 Å². The van der Waals surface area contributed by atoms with Crippen molar-refractivity contribution in [3.05, 3.63) is 48.1 Å². The van der Waals surface area contributed by atoms with Gasteiger partial charge in [0, 0.05) is 30.1 Å². The van der Waals surface area contributed by atoms with Crippen LogP contribution < -0.4 is 10.6 Å². The van der Waals surface area contributed by atoms with Gasteiger partial charge in [-0.15, -0.1) is 5.10 Å². The van der Waals surface area contributed by atoms with Crippen molar-refractivity contribution in [2.24, 2.45) is 5.92 Å². The summed E-state index contributed by atoms with van der Waals surface area (Å²) in [6.45, 7) is 3.25. The third-order valence-electron chi connectivity index (χ3n) is 6.29. The Balaban J connectivity index is 1.66.